The van der Waals surface area contributed by atoms with E-state index in [1.54, 1.807) is 12.1 Å². The summed E-state index contributed by atoms with van der Waals surface area (Å²) in [5.41, 5.74) is 2.68. The second kappa shape index (κ2) is 5.93. The summed E-state index contributed by atoms with van der Waals surface area (Å²) in [5.74, 6) is 0.0659. The van der Waals surface area contributed by atoms with Crippen molar-refractivity contribution in [2.24, 2.45) is 0 Å². The van der Waals surface area contributed by atoms with Crippen molar-refractivity contribution < 1.29 is 8.81 Å². The fourth-order valence-electron chi connectivity index (χ4n) is 1.88. The number of anilines is 1. The van der Waals surface area contributed by atoms with Crippen molar-refractivity contribution in [1.29, 1.82) is 0 Å². The van der Waals surface area contributed by atoms with E-state index in [1.165, 1.54) is 12.5 Å². The zero-order valence-electron chi connectivity index (χ0n) is 10.9. The highest BCUT2D eigenvalue weighted by atomic mass is 35.5. The Bertz CT molecular complexity index is 729. The standard InChI is InChI=1S/C15H11ClFN3O/c16-13-7-10(1-6-14(13)17)8-18-12-4-2-11(3-5-12)15-20-19-9-21-15/h1-7,9,18H,8H2. The predicted octanol–water partition coefficient (Wildman–Crippen LogP) is 4.14. The normalized spacial score (nSPS) is 10.6. The van der Waals surface area contributed by atoms with Gasteiger partial charge in [0.15, 0.2) is 0 Å². The molecule has 0 aliphatic heterocycles. The van der Waals surface area contributed by atoms with Gasteiger partial charge in [0, 0.05) is 17.8 Å². The summed E-state index contributed by atoms with van der Waals surface area (Å²) in [6.45, 7) is 0.555. The second-order valence-corrected chi connectivity index (χ2v) is 4.83. The van der Waals surface area contributed by atoms with Gasteiger partial charge in [0.1, 0.15) is 5.82 Å². The van der Waals surface area contributed by atoms with E-state index in [1.807, 2.05) is 24.3 Å². The highest BCUT2D eigenvalue weighted by Gasteiger charge is 2.04. The van der Waals surface area contributed by atoms with E-state index in [0.717, 1.165) is 16.8 Å². The quantitative estimate of drug-likeness (QED) is 0.787. The lowest BCUT2D eigenvalue weighted by atomic mass is 10.2. The molecule has 1 aromatic heterocycles. The van der Waals surface area contributed by atoms with Gasteiger partial charge in [-0.2, -0.15) is 0 Å². The minimum atomic E-state index is -0.413. The molecule has 0 saturated heterocycles. The topological polar surface area (TPSA) is 51.0 Å². The van der Waals surface area contributed by atoms with Gasteiger partial charge in [-0.3, -0.25) is 0 Å². The average Bonchev–Trinajstić information content (AvgIpc) is 3.03. The fourth-order valence-corrected chi connectivity index (χ4v) is 2.09. The van der Waals surface area contributed by atoms with Crippen LogP contribution in [0, 0.1) is 5.82 Å². The number of nitrogens with zero attached hydrogens (tertiary/aromatic N) is 2. The van der Waals surface area contributed by atoms with Gasteiger partial charge in [0.25, 0.3) is 0 Å². The number of benzene rings is 2. The SMILES string of the molecule is Fc1ccc(CNc2ccc(-c3nnco3)cc2)cc1Cl. The number of aromatic nitrogens is 2. The number of rotatable bonds is 4. The lowest BCUT2D eigenvalue weighted by Crippen LogP contribution is -1.99. The summed E-state index contributed by atoms with van der Waals surface area (Å²) in [5, 5.41) is 10.8. The van der Waals surface area contributed by atoms with E-state index in [4.69, 9.17) is 16.0 Å². The Kier molecular flexibility index (Phi) is 3.83. The first-order valence-corrected chi connectivity index (χ1v) is 6.64. The first kappa shape index (κ1) is 13.6. The molecule has 3 rings (SSSR count). The van der Waals surface area contributed by atoms with Crippen LogP contribution < -0.4 is 5.32 Å². The van der Waals surface area contributed by atoms with E-state index < -0.39 is 5.82 Å². The molecule has 0 spiro atoms. The summed E-state index contributed by atoms with van der Waals surface area (Å²) >= 11 is 5.75. The summed E-state index contributed by atoms with van der Waals surface area (Å²) in [4.78, 5) is 0. The average molecular weight is 304 g/mol. The van der Waals surface area contributed by atoms with E-state index in [9.17, 15) is 4.39 Å². The Morgan fingerprint density at radius 1 is 1.14 bits per heavy atom. The smallest absolute Gasteiger partial charge is 0.247 e. The van der Waals surface area contributed by atoms with E-state index in [-0.39, 0.29) is 5.02 Å². The summed E-state index contributed by atoms with van der Waals surface area (Å²) < 4.78 is 18.2. The second-order valence-electron chi connectivity index (χ2n) is 4.42. The lowest BCUT2D eigenvalue weighted by Gasteiger charge is -2.07. The highest BCUT2D eigenvalue weighted by molar-refractivity contribution is 6.30. The van der Waals surface area contributed by atoms with Crippen molar-refractivity contribution >= 4 is 17.3 Å². The molecule has 106 valence electrons. The van der Waals surface area contributed by atoms with Gasteiger partial charge in [-0.1, -0.05) is 17.7 Å². The molecule has 0 aliphatic carbocycles. The molecule has 0 atom stereocenters. The minimum absolute atomic E-state index is 0.126. The van der Waals surface area contributed by atoms with Gasteiger partial charge in [-0.15, -0.1) is 10.2 Å². The number of hydrogen-bond acceptors (Lipinski definition) is 4. The predicted molar refractivity (Wildman–Crippen MR) is 78.5 cm³/mol. The first-order valence-electron chi connectivity index (χ1n) is 6.27. The third-order valence-corrected chi connectivity index (χ3v) is 3.26. The highest BCUT2D eigenvalue weighted by Crippen LogP contribution is 2.20. The van der Waals surface area contributed by atoms with Crippen LogP contribution in [0.3, 0.4) is 0 Å². The van der Waals surface area contributed by atoms with Gasteiger partial charge in [-0.05, 0) is 42.0 Å². The maximum atomic E-state index is 13.1. The molecule has 3 aromatic rings. The van der Waals surface area contributed by atoms with Crippen molar-refractivity contribution in [3.05, 3.63) is 65.3 Å². The first-order chi connectivity index (χ1) is 10.2. The molecule has 0 aliphatic rings. The van der Waals surface area contributed by atoms with Crippen molar-refractivity contribution in [2.75, 3.05) is 5.32 Å². The number of nitrogens with one attached hydrogen (secondary N) is 1. The van der Waals surface area contributed by atoms with Crippen molar-refractivity contribution in [3.63, 3.8) is 0 Å². The van der Waals surface area contributed by atoms with Gasteiger partial charge >= 0.3 is 0 Å². The van der Waals surface area contributed by atoms with Crippen LogP contribution in [0.5, 0.6) is 0 Å². The number of hydrogen-bond donors (Lipinski definition) is 1. The molecule has 0 radical (unpaired) electrons. The zero-order valence-corrected chi connectivity index (χ0v) is 11.6. The summed E-state index contributed by atoms with van der Waals surface area (Å²) in [7, 11) is 0. The molecule has 21 heavy (non-hydrogen) atoms. The van der Waals surface area contributed by atoms with Gasteiger partial charge in [0.05, 0.1) is 5.02 Å². The third-order valence-electron chi connectivity index (χ3n) is 2.97. The fraction of sp³-hybridized carbons (Fsp3) is 0.0667. The van der Waals surface area contributed by atoms with Gasteiger partial charge in [-0.25, -0.2) is 4.39 Å². The zero-order chi connectivity index (χ0) is 14.7. The van der Waals surface area contributed by atoms with E-state index in [2.05, 4.69) is 15.5 Å². The van der Waals surface area contributed by atoms with E-state index >= 15 is 0 Å². The number of halogens is 2. The molecule has 0 unspecified atom stereocenters. The van der Waals surface area contributed by atoms with Crippen LogP contribution >= 0.6 is 11.6 Å². The molecule has 1 N–H and O–H groups in total. The van der Waals surface area contributed by atoms with Crippen LogP contribution in [0.4, 0.5) is 10.1 Å². The minimum Gasteiger partial charge on any atom is -0.423 e. The summed E-state index contributed by atoms with van der Waals surface area (Å²) in [6.07, 6.45) is 1.29. The summed E-state index contributed by atoms with van der Waals surface area (Å²) in [6, 6.07) is 12.2. The van der Waals surface area contributed by atoms with Gasteiger partial charge in [0.2, 0.25) is 12.3 Å². The Morgan fingerprint density at radius 2 is 1.95 bits per heavy atom. The third kappa shape index (κ3) is 3.20. The van der Waals surface area contributed by atoms with Crippen LogP contribution in [0.1, 0.15) is 5.56 Å². The molecular weight excluding hydrogens is 293 g/mol. The Labute approximate surface area is 125 Å². The Morgan fingerprint density at radius 3 is 2.62 bits per heavy atom. The Hall–Kier alpha value is -2.40. The molecule has 6 heteroatoms. The van der Waals surface area contributed by atoms with Crippen LogP contribution in [0.25, 0.3) is 11.5 Å². The van der Waals surface area contributed by atoms with Crippen molar-refractivity contribution in [2.45, 2.75) is 6.54 Å². The largest absolute Gasteiger partial charge is 0.423 e. The molecular formula is C15H11ClFN3O. The van der Waals surface area contributed by atoms with Gasteiger partial charge < -0.3 is 9.73 Å². The molecule has 0 amide bonds. The van der Waals surface area contributed by atoms with Crippen LogP contribution in [0.15, 0.2) is 53.3 Å². The molecule has 4 nitrogen and oxygen atoms in total. The molecule has 1 heterocycles. The maximum absolute atomic E-state index is 13.1. The molecule has 0 fully saturated rings. The maximum Gasteiger partial charge on any atom is 0.247 e. The van der Waals surface area contributed by atoms with Crippen molar-refractivity contribution in [1.82, 2.24) is 10.2 Å². The molecule has 0 bridgehead atoms. The van der Waals surface area contributed by atoms with Crippen LogP contribution in [-0.4, -0.2) is 10.2 Å². The van der Waals surface area contributed by atoms with E-state index in [0.29, 0.717) is 12.4 Å². The van der Waals surface area contributed by atoms with Crippen molar-refractivity contribution in [3.8, 4) is 11.5 Å². The Balaban J connectivity index is 1.66. The molecule has 0 saturated carbocycles. The molecule has 2 aromatic carbocycles. The van der Waals surface area contributed by atoms with Crippen LogP contribution in [0.2, 0.25) is 5.02 Å². The monoisotopic (exact) mass is 303 g/mol. The van der Waals surface area contributed by atoms with Crippen LogP contribution in [-0.2, 0) is 6.54 Å². The lowest BCUT2D eigenvalue weighted by molar-refractivity contribution is 0.568.